The molecule has 1 aromatic carbocycles. The Morgan fingerprint density at radius 1 is 1.17 bits per heavy atom. The van der Waals surface area contributed by atoms with E-state index in [0.29, 0.717) is 15.6 Å². The number of pyridine rings is 1. The van der Waals surface area contributed by atoms with Gasteiger partial charge < -0.3 is 5.32 Å². The topological polar surface area (TPSA) is 56.8 Å². The van der Waals surface area contributed by atoms with Gasteiger partial charge in [-0.25, -0.2) is 0 Å². The number of carbonyl (C=O) groups excluding carboxylic acids is 1. The van der Waals surface area contributed by atoms with Crippen LogP contribution in [0.25, 0.3) is 0 Å². The van der Waals surface area contributed by atoms with Crippen LogP contribution in [-0.4, -0.2) is 5.91 Å². The summed E-state index contributed by atoms with van der Waals surface area (Å²) in [6.45, 7) is 0. The highest BCUT2D eigenvalue weighted by atomic mass is 35.5. The highest BCUT2D eigenvalue weighted by Gasteiger charge is 2.44. The summed E-state index contributed by atoms with van der Waals surface area (Å²) in [6, 6.07) is 14.4. The predicted octanol–water partition coefficient (Wildman–Crippen LogP) is 2.75. The predicted molar refractivity (Wildman–Crippen MR) is 89.6 cm³/mol. The summed E-state index contributed by atoms with van der Waals surface area (Å²) in [5.41, 5.74) is 1.27. The van der Waals surface area contributed by atoms with E-state index < -0.39 is 12.0 Å². The zero-order valence-corrected chi connectivity index (χ0v) is 13.6. The van der Waals surface area contributed by atoms with E-state index in [4.69, 9.17) is 11.6 Å². The second-order valence-electron chi connectivity index (χ2n) is 5.16. The summed E-state index contributed by atoms with van der Waals surface area (Å²) in [5.74, 6) is -0.629. The molecule has 3 rings (SSSR count). The van der Waals surface area contributed by atoms with Crippen LogP contribution in [0.4, 0.5) is 0 Å². The van der Waals surface area contributed by atoms with Gasteiger partial charge >= 0.3 is 0 Å². The number of halogens is 1. The molecule has 114 valence electrons. The van der Waals surface area contributed by atoms with Crippen molar-refractivity contribution in [3.05, 3.63) is 76.0 Å². The van der Waals surface area contributed by atoms with Crippen molar-refractivity contribution in [2.45, 2.75) is 12.0 Å². The largest absolute Gasteiger partial charge is 0.314 e. The van der Waals surface area contributed by atoms with Gasteiger partial charge in [0.05, 0.1) is 22.6 Å². The molecule has 0 spiro atoms. The Hall–Kier alpha value is -2.29. The molecule has 0 saturated heterocycles. The maximum absolute atomic E-state index is 12.6. The Bertz CT molecular complexity index is 812. The molecule has 0 saturated carbocycles. The lowest BCUT2D eigenvalue weighted by molar-refractivity contribution is -0.711. The summed E-state index contributed by atoms with van der Waals surface area (Å²) < 4.78 is 1.80. The summed E-state index contributed by atoms with van der Waals surface area (Å²) in [4.78, 5) is 12.6. The molecule has 2 atom stereocenters. The number of hydrogen-bond acceptors (Lipinski definition) is 3. The van der Waals surface area contributed by atoms with Gasteiger partial charge in [0.2, 0.25) is 6.04 Å². The van der Waals surface area contributed by atoms with Crippen molar-refractivity contribution in [1.29, 1.82) is 5.26 Å². The second kappa shape index (κ2) is 6.45. The molecule has 2 heterocycles. The lowest BCUT2D eigenvalue weighted by Gasteiger charge is -2.27. The smallest absolute Gasteiger partial charge is 0.294 e. The van der Waals surface area contributed by atoms with E-state index in [9.17, 15) is 10.1 Å². The Balaban J connectivity index is 2.18. The van der Waals surface area contributed by atoms with Crippen LogP contribution in [0.3, 0.4) is 0 Å². The van der Waals surface area contributed by atoms with Crippen molar-refractivity contribution in [2.75, 3.05) is 0 Å². The maximum atomic E-state index is 12.6. The van der Waals surface area contributed by atoms with Crippen LogP contribution in [0.5, 0.6) is 0 Å². The van der Waals surface area contributed by atoms with Gasteiger partial charge in [-0.15, -0.1) is 12.6 Å². The van der Waals surface area contributed by atoms with Crippen LogP contribution in [0, 0.1) is 11.3 Å². The molecule has 1 aliphatic rings. The van der Waals surface area contributed by atoms with E-state index in [1.54, 1.807) is 16.7 Å². The number of hydrogen-bond donors (Lipinski definition) is 2. The number of rotatable bonds is 2. The van der Waals surface area contributed by atoms with Crippen LogP contribution in [0.1, 0.15) is 17.5 Å². The van der Waals surface area contributed by atoms with E-state index in [1.165, 1.54) is 0 Å². The highest BCUT2D eigenvalue weighted by molar-refractivity contribution is 7.84. The Labute approximate surface area is 144 Å². The Morgan fingerprint density at radius 3 is 2.43 bits per heavy atom. The van der Waals surface area contributed by atoms with E-state index in [-0.39, 0.29) is 5.91 Å². The molecule has 1 amide bonds. The number of nitrogens with zero attached hydrogens (tertiary/aromatic N) is 2. The molecule has 1 N–H and O–H groups in total. The normalized spacial score (nSPS) is 20.8. The summed E-state index contributed by atoms with van der Waals surface area (Å²) in [6.07, 6.45) is 3.62. The maximum Gasteiger partial charge on any atom is 0.294 e. The number of allylic oxidation sites excluding steroid dienone is 1. The minimum Gasteiger partial charge on any atom is -0.314 e. The lowest BCUT2D eigenvalue weighted by atomic mass is 9.83. The third-order valence-electron chi connectivity index (χ3n) is 3.80. The minimum absolute atomic E-state index is 0.204. The average molecular weight is 343 g/mol. The molecule has 1 aliphatic heterocycles. The summed E-state index contributed by atoms with van der Waals surface area (Å²) in [5, 5.41) is 13.1. The van der Waals surface area contributed by atoms with Crippen LogP contribution >= 0.6 is 24.2 Å². The molecule has 0 radical (unpaired) electrons. The minimum atomic E-state index is -0.567. The molecule has 2 aromatic rings. The highest BCUT2D eigenvalue weighted by Crippen LogP contribution is 2.38. The van der Waals surface area contributed by atoms with E-state index in [1.807, 2.05) is 42.7 Å². The first-order valence-corrected chi connectivity index (χ1v) is 7.79. The number of carbonyl (C=O) groups is 1. The Morgan fingerprint density at radius 2 is 1.83 bits per heavy atom. The molecular formula is C17H13ClN3OS+. The molecule has 0 unspecified atom stereocenters. The quantitative estimate of drug-likeness (QED) is 0.651. The van der Waals surface area contributed by atoms with Crippen molar-refractivity contribution >= 4 is 30.1 Å². The zero-order chi connectivity index (χ0) is 16.4. The van der Waals surface area contributed by atoms with Crippen molar-refractivity contribution in [3.63, 3.8) is 0 Å². The van der Waals surface area contributed by atoms with Crippen molar-refractivity contribution < 1.29 is 9.36 Å². The molecule has 0 fully saturated rings. The Kier molecular flexibility index (Phi) is 4.37. The summed E-state index contributed by atoms with van der Waals surface area (Å²) in [7, 11) is 0. The first-order valence-electron chi connectivity index (χ1n) is 6.97. The van der Waals surface area contributed by atoms with Crippen LogP contribution in [0.2, 0.25) is 5.02 Å². The van der Waals surface area contributed by atoms with Gasteiger partial charge in [-0.05, 0) is 17.7 Å². The fourth-order valence-corrected chi connectivity index (χ4v) is 3.19. The molecule has 0 bridgehead atoms. The fraction of sp³-hybridized carbons (Fsp3) is 0.118. The van der Waals surface area contributed by atoms with Crippen LogP contribution < -0.4 is 9.88 Å². The van der Waals surface area contributed by atoms with Crippen molar-refractivity contribution in [3.8, 4) is 6.07 Å². The van der Waals surface area contributed by atoms with E-state index in [0.717, 1.165) is 5.56 Å². The SMILES string of the molecule is N#CC1=C(S)NC(=O)[C@@H]([n+]2ccccc2)[C@H]1c1ccc(Cl)cc1. The van der Waals surface area contributed by atoms with Crippen LogP contribution in [0.15, 0.2) is 65.5 Å². The first-order chi connectivity index (χ1) is 11.1. The molecule has 23 heavy (non-hydrogen) atoms. The van der Waals surface area contributed by atoms with Gasteiger partial charge in [0.1, 0.15) is 0 Å². The van der Waals surface area contributed by atoms with Crippen molar-refractivity contribution in [1.82, 2.24) is 5.32 Å². The third kappa shape index (κ3) is 2.96. The zero-order valence-electron chi connectivity index (χ0n) is 12.0. The molecule has 1 aromatic heterocycles. The van der Waals surface area contributed by atoms with Crippen molar-refractivity contribution in [2.24, 2.45) is 0 Å². The number of thiol groups is 1. The lowest BCUT2D eigenvalue weighted by Crippen LogP contribution is -2.53. The number of nitriles is 1. The van der Waals surface area contributed by atoms with Gasteiger partial charge in [0, 0.05) is 17.2 Å². The van der Waals surface area contributed by atoms with Gasteiger partial charge in [0.15, 0.2) is 12.4 Å². The second-order valence-corrected chi connectivity index (χ2v) is 6.04. The van der Waals surface area contributed by atoms with Gasteiger partial charge in [-0.2, -0.15) is 9.83 Å². The molecule has 4 nitrogen and oxygen atoms in total. The monoisotopic (exact) mass is 342 g/mol. The number of benzene rings is 1. The van der Waals surface area contributed by atoms with Gasteiger partial charge in [-0.3, -0.25) is 4.79 Å². The molecule has 6 heteroatoms. The number of nitrogens with one attached hydrogen (secondary N) is 1. The van der Waals surface area contributed by atoms with Gasteiger partial charge in [0.25, 0.3) is 5.91 Å². The first kappa shape index (κ1) is 15.6. The van der Waals surface area contributed by atoms with E-state index >= 15 is 0 Å². The third-order valence-corrected chi connectivity index (χ3v) is 4.41. The average Bonchev–Trinajstić information content (AvgIpc) is 2.56. The number of aromatic nitrogens is 1. The van der Waals surface area contributed by atoms with E-state index in [2.05, 4.69) is 24.0 Å². The molecular weight excluding hydrogens is 330 g/mol. The van der Waals surface area contributed by atoms with Crippen LogP contribution in [-0.2, 0) is 4.79 Å². The standard InChI is InChI=1S/C17H12ClN3OS/c18-12-6-4-11(5-7-12)14-13(10-19)17(23)20-16(22)15(14)21-8-2-1-3-9-21/h1-9,14-15H,(H-,20,22,23)/p+1/t14-,15-/m0/s1. The van der Waals surface area contributed by atoms with Gasteiger partial charge in [-0.1, -0.05) is 29.8 Å². The number of amides is 1. The summed E-state index contributed by atoms with van der Waals surface area (Å²) >= 11 is 10.2. The fourth-order valence-electron chi connectivity index (χ4n) is 2.76. The molecule has 0 aliphatic carbocycles.